The first-order valence-corrected chi connectivity index (χ1v) is 6.84. The molecule has 1 fully saturated rings. The first-order chi connectivity index (χ1) is 7.81. The van der Waals surface area contributed by atoms with Gasteiger partial charge in [0.2, 0.25) is 0 Å². The number of ether oxygens (including phenoxy) is 1. The molecule has 0 aromatic heterocycles. The molecule has 0 aliphatic heterocycles. The molecule has 3 nitrogen and oxygen atoms in total. The summed E-state index contributed by atoms with van der Waals surface area (Å²) in [4.78, 5) is 0. The van der Waals surface area contributed by atoms with Crippen molar-refractivity contribution in [3.63, 3.8) is 0 Å². The molecule has 0 radical (unpaired) electrons. The van der Waals surface area contributed by atoms with Gasteiger partial charge in [-0.15, -0.1) is 0 Å². The van der Waals surface area contributed by atoms with Gasteiger partial charge in [-0.1, -0.05) is 19.8 Å². The molecule has 0 saturated heterocycles. The summed E-state index contributed by atoms with van der Waals surface area (Å²) in [5.74, 6) is 0. The smallest absolute Gasteiger partial charge is 0.0897 e. The highest BCUT2D eigenvalue weighted by molar-refractivity contribution is 4.82. The van der Waals surface area contributed by atoms with Gasteiger partial charge in [0.1, 0.15) is 0 Å². The molecule has 17 heavy (non-hydrogen) atoms. The van der Waals surface area contributed by atoms with Gasteiger partial charge < -0.3 is 15.2 Å². The Morgan fingerprint density at radius 1 is 1.29 bits per heavy atom. The third-order valence-electron chi connectivity index (χ3n) is 3.45. The fourth-order valence-corrected chi connectivity index (χ4v) is 2.35. The van der Waals surface area contributed by atoms with Crippen LogP contribution < -0.4 is 5.32 Å². The molecule has 1 unspecified atom stereocenters. The molecule has 1 atom stereocenters. The van der Waals surface area contributed by atoms with E-state index in [9.17, 15) is 5.11 Å². The van der Waals surface area contributed by atoms with Gasteiger partial charge in [0.15, 0.2) is 0 Å². The van der Waals surface area contributed by atoms with Gasteiger partial charge in [-0.25, -0.2) is 0 Å². The lowest BCUT2D eigenvalue weighted by molar-refractivity contribution is -0.0482. The maximum atomic E-state index is 9.78. The summed E-state index contributed by atoms with van der Waals surface area (Å²) >= 11 is 0. The van der Waals surface area contributed by atoms with E-state index in [1.807, 2.05) is 20.8 Å². The lowest BCUT2D eigenvalue weighted by Crippen LogP contribution is -2.38. The van der Waals surface area contributed by atoms with E-state index in [1.165, 1.54) is 25.7 Å². The minimum atomic E-state index is -0.403. The molecule has 0 heterocycles. The maximum absolute atomic E-state index is 9.78. The van der Waals surface area contributed by atoms with Gasteiger partial charge in [-0.3, -0.25) is 0 Å². The van der Waals surface area contributed by atoms with Crippen LogP contribution in [0.4, 0.5) is 0 Å². The molecular formula is C14H29NO2. The molecule has 3 heteroatoms. The van der Waals surface area contributed by atoms with Gasteiger partial charge in [-0.05, 0) is 39.0 Å². The zero-order chi connectivity index (χ0) is 12.9. The van der Waals surface area contributed by atoms with Gasteiger partial charge in [0.05, 0.1) is 18.3 Å². The summed E-state index contributed by atoms with van der Waals surface area (Å²) in [6.07, 6.45) is 4.93. The van der Waals surface area contributed by atoms with Crippen LogP contribution in [-0.2, 0) is 4.74 Å². The number of hydrogen-bond acceptors (Lipinski definition) is 3. The zero-order valence-electron chi connectivity index (χ0n) is 11.9. The molecule has 0 spiro atoms. The molecular weight excluding hydrogens is 214 g/mol. The van der Waals surface area contributed by atoms with E-state index in [0.717, 1.165) is 6.54 Å². The predicted octanol–water partition coefficient (Wildman–Crippen LogP) is 2.33. The lowest BCUT2D eigenvalue weighted by atomic mass is 9.89. The Labute approximate surface area is 106 Å². The summed E-state index contributed by atoms with van der Waals surface area (Å²) < 4.78 is 5.55. The van der Waals surface area contributed by atoms with Crippen molar-refractivity contribution in [3.8, 4) is 0 Å². The Balaban J connectivity index is 2.09. The zero-order valence-corrected chi connectivity index (χ0v) is 11.9. The van der Waals surface area contributed by atoms with E-state index in [-0.39, 0.29) is 5.60 Å². The predicted molar refractivity (Wildman–Crippen MR) is 71.2 cm³/mol. The number of nitrogens with one attached hydrogen (secondary N) is 1. The second-order valence-corrected chi connectivity index (χ2v) is 6.73. The van der Waals surface area contributed by atoms with Crippen LogP contribution in [0.15, 0.2) is 0 Å². The lowest BCUT2D eigenvalue weighted by Gasteiger charge is -2.26. The van der Waals surface area contributed by atoms with E-state index in [2.05, 4.69) is 12.2 Å². The molecule has 1 saturated carbocycles. The van der Waals surface area contributed by atoms with Gasteiger partial charge in [-0.2, -0.15) is 0 Å². The third kappa shape index (κ3) is 6.39. The standard InChI is InChI=1S/C14H29NO2/c1-13(2,3)17-10-12(16)9-15-11-14(4)7-5-6-8-14/h12,15-16H,5-11H2,1-4H3. The Morgan fingerprint density at radius 2 is 1.88 bits per heavy atom. The third-order valence-corrected chi connectivity index (χ3v) is 3.45. The van der Waals surface area contributed by atoms with Crippen LogP contribution in [0.5, 0.6) is 0 Å². The molecule has 0 amide bonds. The van der Waals surface area contributed by atoms with Crippen LogP contribution in [0, 0.1) is 5.41 Å². The molecule has 0 bridgehead atoms. The Hall–Kier alpha value is -0.120. The number of hydrogen-bond donors (Lipinski definition) is 2. The van der Waals surface area contributed by atoms with Crippen LogP contribution in [0.2, 0.25) is 0 Å². The largest absolute Gasteiger partial charge is 0.389 e. The summed E-state index contributed by atoms with van der Waals surface area (Å²) in [5.41, 5.74) is 0.281. The summed E-state index contributed by atoms with van der Waals surface area (Å²) in [7, 11) is 0. The van der Waals surface area contributed by atoms with Crippen LogP contribution in [0.25, 0.3) is 0 Å². The van der Waals surface area contributed by atoms with Crippen molar-refractivity contribution in [1.29, 1.82) is 0 Å². The topological polar surface area (TPSA) is 41.5 Å². The number of rotatable bonds is 6. The molecule has 1 aliphatic carbocycles. The highest BCUT2D eigenvalue weighted by Gasteiger charge is 2.28. The number of aliphatic hydroxyl groups is 1. The highest BCUT2D eigenvalue weighted by atomic mass is 16.5. The van der Waals surface area contributed by atoms with Crippen molar-refractivity contribution in [2.45, 2.75) is 65.1 Å². The van der Waals surface area contributed by atoms with Crippen molar-refractivity contribution in [1.82, 2.24) is 5.32 Å². The van der Waals surface area contributed by atoms with Gasteiger partial charge in [0.25, 0.3) is 0 Å². The fourth-order valence-electron chi connectivity index (χ4n) is 2.35. The van der Waals surface area contributed by atoms with E-state index < -0.39 is 6.10 Å². The van der Waals surface area contributed by atoms with Crippen LogP contribution in [0.1, 0.15) is 53.4 Å². The minimum absolute atomic E-state index is 0.168. The number of aliphatic hydroxyl groups excluding tert-OH is 1. The molecule has 0 aromatic rings. The van der Waals surface area contributed by atoms with Crippen molar-refractivity contribution >= 4 is 0 Å². The fraction of sp³-hybridized carbons (Fsp3) is 1.00. The Morgan fingerprint density at radius 3 is 2.41 bits per heavy atom. The molecule has 0 aromatic carbocycles. The van der Waals surface area contributed by atoms with E-state index in [4.69, 9.17) is 4.74 Å². The first-order valence-electron chi connectivity index (χ1n) is 6.84. The average Bonchev–Trinajstić information content (AvgIpc) is 2.61. The van der Waals surface area contributed by atoms with E-state index in [0.29, 0.717) is 18.6 Å². The van der Waals surface area contributed by atoms with Crippen LogP contribution >= 0.6 is 0 Å². The SMILES string of the molecule is CC1(CNCC(O)COC(C)(C)C)CCCC1. The summed E-state index contributed by atoms with van der Waals surface area (Å²) in [6.45, 7) is 10.4. The maximum Gasteiger partial charge on any atom is 0.0897 e. The molecule has 1 aliphatic rings. The van der Waals surface area contributed by atoms with E-state index in [1.54, 1.807) is 0 Å². The Bertz CT molecular complexity index is 217. The van der Waals surface area contributed by atoms with Gasteiger partial charge in [0, 0.05) is 13.1 Å². The second kappa shape index (κ2) is 6.17. The molecule has 2 N–H and O–H groups in total. The van der Waals surface area contributed by atoms with Crippen LogP contribution in [0.3, 0.4) is 0 Å². The van der Waals surface area contributed by atoms with Crippen molar-refractivity contribution in [3.05, 3.63) is 0 Å². The monoisotopic (exact) mass is 243 g/mol. The van der Waals surface area contributed by atoms with Crippen LogP contribution in [-0.4, -0.2) is 36.5 Å². The highest BCUT2D eigenvalue weighted by Crippen LogP contribution is 2.36. The average molecular weight is 243 g/mol. The molecule has 102 valence electrons. The van der Waals surface area contributed by atoms with E-state index >= 15 is 0 Å². The normalized spacial score (nSPS) is 21.7. The summed E-state index contributed by atoms with van der Waals surface area (Å²) in [5, 5.41) is 13.2. The van der Waals surface area contributed by atoms with Crippen molar-refractivity contribution in [2.24, 2.45) is 5.41 Å². The van der Waals surface area contributed by atoms with Crippen molar-refractivity contribution < 1.29 is 9.84 Å². The second-order valence-electron chi connectivity index (χ2n) is 6.73. The quantitative estimate of drug-likeness (QED) is 0.752. The molecule has 1 rings (SSSR count). The first kappa shape index (κ1) is 14.9. The van der Waals surface area contributed by atoms with Gasteiger partial charge >= 0.3 is 0 Å². The minimum Gasteiger partial charge on any atom is -0.389 e. The summed E-state index contributed by atoms with van der Waals surface area (Å²) in [6, 6.07) is 0. The Kier molecular flexibility index (Phi) is 5.42. The van der Waals surface area contributed by atoms with Crippen molar-refractivity contribution in [2.75, 3.05) is 19.7 Å².